The van der Waals surface area contributed by atoms with Crippen molar-refractivity contribution in [3.63, 3.8) is 0 Å². The summed E-state index contributed by atoms with van der Waals surface area (Å²) in [6.45, 7) is 1.38. The Morgan fingerprint density at radius 3 is 2.12 bits per heavy atom. The first-order valence-electron chi connectivity index (χ1n) is 9.63. The summed E-state index contributed by atoms with van der Waals surface area (Å²) in [7, 11) is 0. The molecule has 0 spiro atoms. The monoisotopic (exact) mass is 433 g/mol. The molecule has 4 rings (SSSR count). The van der Waals surface area contributed by atoms with Crippen molar-refractivity contribution < 1.29 is 23.2 Å². The Morgan fingerprint density at radius 2 is 1.50 bits per heavy atom. The van der Waals surface area contributed by atoms with Gasteiger partial charge in [-0.25, -0.2) is 13.7 Å². The Balaban J connectivity index is 1.75. The van der Waals surface area contributed by atoms with Gasteiger partial charge in [0.1, 0.15) is 17.3 Å². The topological polar surface area (TPSA) is 78.5 Å². The highest BCUT2D eigenvalue weighted by Gasteiger charge is 2.41. The molecule has 2 N–H and O–H groups in total. The molecule has 8 heteroatoms. The number of anilines is 3. The van der Waals surface area contributed by atoms with Crippen LogP contribution in [-0.4, -0.2) is 17.7 Å². The lowest BCUT2D eigenvalue weighted by atomic mass is 10.0. The lowest BCUT2D eigenvalue weighted by molar-refractivity contribution is -0.120. The second kappa shape index (κ2) is 8.43. The Kier molecular flexibility index (Phi) is 5.51. The van der Waals surface area contributed by atoms with Gasteiger partial charge in [-0.1, -0.05) is 30.3 Å². The van der Waals surface area contributed by atoms with Crippen molar-refractivity contribution in [2.45, 2.75) is 6.92 Å². The number of carbonyl (C=O) groups is 3. The molecule has 0 unspecified atom stereocenters. The van der Waals surface area contributed by atoms with Crippen LogP contribution in [0, 0.1) is 11.6 Å². The van der Waals surface area contributed by atoms with Crippen molar-refractivity contribution in [2.75, 3.05) is 15.5 Å². The Bertz CT molecular complexity index is 1260. The first kappa shape index (κ1) is 20.9. The summed E-state index contributed by atoms with van der Waals surface area (Å²) in [5, 5.41) is 5.57. The molecule has 0 bridgehead atoms. The molecule has 3 amide bonds. The van der Waals surface area contributed by atoms with E-state index in [4.69, 9.17) is 0 Å². The highest BCUT2D eigenvalue weighted by atomic mass is 19.1. The van der Waals surface area contributed by atoms with Gasteiger partial charge in [-0.2, -0.15) is 0 Å². The van der Waals surface area contributed by atoms with Crippen molar-refractivity contribution in [3.8, 4) is 0 Å². The highest BCUT2D eigenvalue weighted by Crippen LogP contribution is 2.35. The minimum Gasteiger partial charge on any atom is -0.350 e. The van der Waals surface area contributed by atoms with Crippen LogP contribution in [0.2, 0.25) is 0 Å². The number of rotatable bonds is 5. The third-order valence-electron chi connectivity index (χ3n) is 4.77. The van der Waals surface area contributed by atoms with Gasteiger partial charge in [-0.15, -0.1) is 0 Å². The van der Waals surface area contributed by atoms with Crippen molar-refractivity contribution >= 4 is 40.4 Å². The van der Waals surface area contributed by atoms with E-state index < -0.39 is 23.4 Å². The lowest BCUT2D eigenvalue weighted by Gasteiger charge is -2.16. The van der Waals surface area contributed by atoms with E-state index in [1.54, 1.807) is 54.6 Å². The molecule has 6 nitrogen and oxygen atoms in total. The van der Waals surface area contributed by atoms with E-state index in [0.29, 0.717) is 27.9 Å². The molecule has 0 aliphatic carbocycles. The first-order chi connectivity index (χ1) is 15.3. The van der Waals surface area contributed by atoms with Gasteiger partial charge in [0.25, 0.3) is 11.8 Å². The SMILES string of the molecule is CC(=O)Nc1ccc(NC2=C(c3ccccc3)C(=O)N(c3ccc(F)cc3F)C2=O)cc1. The molecule has 1 heterocycles. The number of hydrogen-bond donors (Lipinski definition) is 2. The Hall–Kier alpha value is -4.33. The lowest BCUT2D eigenvalue weighted by Crippen LogP contribution is -2.33. The Morgan fingerprint density at radius 1 is 0.844 bits per heavy atom. The second-order valence-electron chi connectivity index (χ2n) is 7.04. The third kappa shape index (κ3) is 3.98. The molecular formula is C24H17F2N3O3. The summed E-state index contributed by atoms with van der Waals surface area (Å²) in [5.74, 6) is -3.58. The van der Waals surface area contributed by atoms with E-state index in [1.165, 1.54) is 6.92 Å². The van der Waals surface area contributed by atoms with Crippen LogP contribution in [0.4, 0.5) is 25.8 Å². The molecule has 1 aliphatic heterocycles. The molecule has 0 radical (unpaired) electrons. The van der Waals surface area contributed by atoms with Gasteiger partial charge in [0.15, 0.2) is 0 Å². The van der Waals surface area contributed by atoms with Crippen molar-refractivity contribution in [1.82, 2.24) is 0 Å². The standard InChI is InChI=1S/C24H17F2N3O3/c1-14(30)27-17-8-10-18(11-9-17)28-22-21(15-5-3-2-4-6-15)23(31)29(24(22)32)20-12-7-16(25)13-19(20)26/h2-13,28H,1H3,(H,27,30). The van der Waals surface area contributed by atoms with Crippen molar-refractivity contribution in [1.29, 1.82) is 0 Å². The maximum absolute atomic E-state index is 14.4. The predicted octanol–water partition coefficient (Wildman–Crippen LogP) is 4.32. The normalized spacial score (nSPS) is 13.5. The number of amides is 3. The number of hydrogen-bond acceptors (Lipinski definition) is 4. The summed E-state index contributed by atoms with van der Waals surface area (Å²) >= 11 is 0. The molecule has 32 heavy (non-hydrogen) atoms. The van der Waals surface area contributed by atoms with Gasteiger partial charge in [0, 0.05) is 24.4 Å². The van der Waals surface area contributed by atoms with E-state index >= 15 is 0 Å². The zero-order valence-corrected chi connectivity index (χ0v) is 16.9. The van der Waals surface area contributed by atoms with Gasteiger partial charge in [-0.3, -0.25) is 14.4 Å². The van der Waals surface area contributed by atoms with Gasteiger partial charge < -0.3 is 10.6 Å². The summed E-state index contributed by atoms with van der Waals surface area (Å²) in [6, 6.07) is 17.7. The number of nitrogens with one attached hydrogen (secondary N) is 2. The number of carbonyl (C=O) groups excluding carboxylic acids is 3. The van der Waals surface area contributed by atoms with Gasteiger partial charge in [0.05, 0.1) is 11.3 Å². The first-order valence-corrected chi connectivity index (χ1v) is 9.63. The molecule has 1 aliphatic rings. The largest absolute Gasteiger partial charge is 0.350 e. The maximum atomic E-state index is 14.4. The number of benzene rings is 3. The van der Waals surface area contributed by atoms with Crippen LogP contribution >= 0.6 is 0 Å². The predicted molar refractivity (Wildman–Crippen MR) is 117 cm³/mol. The molecule has 0 fully saturated rings. The van der Waals surface area contributed by atoms with Crippen LogP contribution in [0.25, 0.3) is 5.57 Å². The minimum absolute atomic E-state index is 0.0443. The van der Waals surface area contributed by atoms with Crippen LogP contribution in [0.1, 0.15) is 12.5 Å². The highest BCUT2D eigenvalue weighted by molar-refractivity contribution is 6.46. The van der Waals surface area contributed by atoms with Crippen molar-refractivity contribution in [2.24, 2.45) is 0 Å². The van der Waals surface area contributed by atoms with Crippen LogP contribution in [0.5, 0.6) is 0 Å². The van der Waals surface area contributed by atoms with Gasteiger partial charge >= 0.3 is 0 Å². The van der Waals surface area contributed by atoms with Crippen LogP contribution in [-0.2, 0) is 14.4 Å². The molecule has 160 valence electrons. The van der Waals surface area contributed by atoms with E-state index in [1.807, 2.05) is 0 Å². The molecular weight excluding hydrogens is 416 g/mol. The second-order valence-corrected chi connectivity index (χ2v) is 7.04. The van der Waals surface area contributed by atoms with E-state index in [2.05, 4.69) is 10.6 Å². The fourth-order valence-electron chi connectivity index (χ4n) is 3.38. The van der Waals surface area contributed by atoms with Crippen molar-refractivity contribution in [3.05, 3.63) is 95.7 Å². The van der Waals surface area contributed by atoms with Crippen LogP contribution in [0.3, 0.4) is 0 Å². The van der Waals surface area contributed by atoms with E-state index in [0.717, 1.165) is 12.1 Å². The van der Waals surface area contributed by atoms with Gasteiger partial charge in [0.2, 0.25) is 5.91 Å². The average Bonchev–Trinajstić information content (AvgIpc) is 2.99. The van der Waals surface area contributed by atoms with Crippen LogP contribution < -0.4 is 15.5 Å². The number of nitrogens with zero attached hydrogens (tertiary/aromatic N) is 1. The van der Waals surface area contributed by atoms with E-state index in [9.17, 15) is 23.2 Å². The smallest absolute Gasteiger partial charge is 0.282 e. The molecule has 0 saturated carbocycles. The average molecular weight is 433 g/mol. The Labute approximate surface area is 182 Å². The van der Waals surface area contributed by atoms with Crippen LogP contribution in [0.15, 0.2) is 78.5 Å². The third-order valence-corrected chi connectivity index (χ3v) is 4.77. The fourth-order valence-corrected chi connectivity index (χ4v) is 3.38. The molecule has 0 saturated heterocycles. The van der Waals surface area contributed by atoms with Gasteiger partial charge in [-0.05, 0) is 42.0 Å². The van der Waals surface area contributed by atoms with E-state index in [-0.39, 0.29) is 22.9 Å². The molecule has 0 aromatic heterocycles. The summed E-state index contributed by atoms with van der Waals surface area (Å²) in [4.78, 5) is 38.3. The zero-order valence-electron chi connectivity index (χ0n) is 16.9. The zero-order chi connectivity index (χ0) is 22.8. The minimum atomic E-state index is -1.03. The summed E-state index contributed by atoms with van der Waals surface area (Å²) < 4.78 is 27.8. The molecule has 3 aromatic carbocycles. The summed E-state index contributed by atoms with van der Waals surface area (Å²) in [6.07, 6.45) is 0. The number of halogens is 2. The maximum Gasteiger partial charge on any atom is 0.282 e. The molecule has 3 aromatic rings. The number of imide groups is 1. The quantitative estimate of drug-likeness (QED) is 0.588. The molecule has 0 atom stereocenters. The summed E-state index contributed by atoms with van der Waals surface area (Å²) in [5.41, 5.74) is 1.18. The fraction of sp³-hybridized carbons (Fsp3) is 0.0417.